The predicted molar refractivity (Wildman–Crippen MR) is 74.5 cm³/mol. The van der Waals surface area contributed by atoms with Crippen molar-refractivity contribution in [2.24, 2.45) is 0 Å². The molecule has 2 rings (SSSR count). The summed E-state index contributed by atoms with van der Waals surface area (Å²) < 4.78 is 47.9. The molecule has 0 aliphatic carbocycles. The van der Waals surface area contributed by atoms with Crippen molar-refractivity contribution in [2.45, 2.75) is 25.3 Å². The zero-order valence-electron chi connectivity index (χ0n) is 12.8. The van der Waals surface area contributed by atoms with Crippen molar-refractivity contribution in [3.63, 3.8) is 0 Å². The van der Waals surface area contributed by atoms with Gasteiger partial charge in [-0.3, -0.25) is 14.5 Å². The van der Waals surface area contributed by atoms with Gasteiger partial charge in [-0.2, -0.15) is 13.2 Å². The molecule has 0 radical (unpaired) electrons. The number of aromatic nitrogens is 1. The SMILES string of the molecule is CC(=O)O[C@@H](C(=O)O)C1OCCN(c2cccc(C(F)(F)F)n2)C1=O. The van der Waals surface area contributed by atoms with Gasteiger partial charge in [0.15, 0.2) is 6.10 Å². The Kier molecular flexibility index (Phi) is 5.26. The number of anilines is 1. The summed E-state index contributed by atoms with van der Waals surface area (Å²) in [5.74, 6) is -3.84. The summed E-state index contributed by atoms with van der Waals surface area (Å²) in [6.45, 7) is 0.658. The lowest BCUT2D eigenvalue weighted by Crippen LogP contribution is -2.55. The predicted octanol–water partition coefficient (Wildman–Crippen LogP) is 0.848. The second kappa shape index (κ2) is 7.05. The monoisotopic (exact) mass is 362 g/mol. The van der Waals surface area contributed by atoms with Crippen LogP contribution in [-0.2, 0) is 30.0 Å². The molecule has 2 atom stereocenters. The lowest BCUT2D eigenvalue weighted by atomic mass is 10.1. The fourth-order valence-electron chi connectivity index (χ4n) is 2.20. The van der Waals surface area contributed by atoms with Gasteiger partial charge in [0.2, 0.25) is 6.10 Å². The number of carboxylic acids is 1. The van der Waals surface area contributed by atoms with E-state index in [1.165, 1.54) is 6.07 Å². The molecule has 1 amide bonds. The molecule has 1 aromatic heterocycles. The molecule has 1 aliphatic rings. The minimum Gasteiger partial charge on any atom is -0.478 e. The summed E-state index contributed by atoms with van der Waals surface area (Å²) in [7, 11) is 0. The third-order valence-electron chi connectivity index (χ3n) is 3.23. The second-order valence-electron chi connectivity index (χ2n) is 5.03. The summed E-state index contributed by atoms with van der Waals surface area (Å²) in [5, 5.41) is 9.11. The smallest absolute Gasteiger partial charge is 0.433 e. The first-order chi connectivity index (χ1) is 11.6. The van der Waals surface area contributed by atoms with Crippen molar-refractivity contribution in [3.8, 4) is 0 Å². The molecule has 1 fully saturated rings. The average molecular weight is 362 g/mol. The number of rotatable bonds is 4. The summed E-state index contributed by atoms with van der Waals surface area (Å²) in [5.41, 5.74) is -1.20. The van der Waals surface area contributed by atoms with E-state index in [-0.39, 0.29) is 19.0 Å². The Bertz CT molecular complexity index is 693. The maximum Gasteiger partial charge on any atom is 0.433 e. The molecule has 1 aromatic rings. The van der Waals surface area contributed by atoms with E-state index >= 15 is 0 Å². The first-order valence-electron chi connectivity index (χ1n) is 6.98. The highest BCUT2D eigenvalue weighted by Crippen LogP contribution is 2.29. The van der Waals surface area contributed by atoms with Crippen molar-refractivity contribution in [2.75, 3.05) is 18.1 Å². The number of esters is 1. The molecule has 11 heteroatoms. The van der Waals surface area contributed by atoms with E-state index in [1.54, 1.807) is 0 Å². The number of ether oxygens (including phenoxy) is 2. The van der Waals surface area contributed by atoms with Crippen LogP contribution in [0.4, 0.5) is 19.0 Å². The van der Waals surface area contributed by atoms with Crippen molar-refractivity contribution >= 4 is 23.7 Å². The molecule has 0 aromatic carbocycles. The number of morpholine rings is 1. The first-order valence-corrected chi connectivity index (χ1v) is 6.98. The van der Waals surface area contributed by atoms with Crippen molar-refractivity contribution in [3.05, 3.63) is 23.9 Å². The van der Waals surface area contributed by atoms with Gasteiger partial charge >= 0.3 is 18.1 Å². The number of aliphatic carboxylic acids is 1. The van der Waals surface area contributed by atoms with Gasteiger partial charge in [0.05, 0.1) is 13.2 Å². The van der Waals surface area contributed by atoms with Crippen LogP contribution in [0.25, 0.3) is 0 Å². The minimum atomic E-state index is -4.70. The third-order valence-corrected chi connectivity index (χ3v) is 3.23. The van der Waals surface area contributed by atoms with Gasteiger partial charge in [0.1, 0.15) is 11.5 Å². The number of pyridine rings is 1. The van der Waals surface area contributed by atoms with Crippen LogP contribution < -0.4 is 4.90 Å². The topological polar surface area (TPSA) is 106 Å². The van der Waals surface area contributed by atoms with Crippen molar-refractivity contribution in [1.82, 2.24) is 4.98 Å². The van der Waals surface area contributed by atoms with Crippen LogP contribution in [0.3, 0.4) is 0 Å². The van der Waals surface area contributed by atoms with Gasteiger partial charge in [0, 0.05) is 6.92 Å². The largest absolute Gasteiger partial charge is 0.478 e. The Morgan fingerprint density at radius 2 is 2.12 bits per heavy atom. The highest BCUT2D eigenvalue weighted by Gasteiger charge is 2.43. The quantitative estimate of drug-likeness (QED) is 0.792. The van der Waals surface area contributed by atoms with Crippen LogP contribution in [0, 0.1) is 0 Å². The lowest BCUT2D eigenvalue weighted by Gasteiger charge is -2.33. The van der Waals surface area contributed by atoms with Gasteiger partial charge in [-0.15, -0.1) is 0 Å². The van der Waals surface area contributed by atoms with Crippen LogP contribution in [0.1, 0.15) is 12.6 Å². The van der Waals surface area contributed by atoms with E-state index in [0.717, 1.165) is 24.0 Å². The number of amides is 1. The fraction of sp³-hybridized carbons (Fsp3) is 0.429. The highest BCUT2D eigenvalue weighted by molar-refractivity contribution is 5.99. The van der Waals surface area contributed by atoms with Crippen molar-refractivity contribution < 1.29 is 42.1 Å². The molecule has 0 bridgehead atoms. The molecule has 1 aliphatic heterocycles. The van der Waals surface area contributed by atoms with Gasteiger partial charge < -0.3 is 14.6 Å². The summed E-state index contributed by atoms with van der Waals surface area (Å²) in [6, 6.07) is 2.99. The normalized spacial score (nSPS) is 19.4. The molecular formula is C14H13F3N2O6. The van der Waals surface area contributed by atoms with Crippen LogP contribution in [0.2, 0.25) is 0 Å². The van der Waals surface area contributed by atoms with E-state index in [0.29, 0.717) is 0 Å². The summed E-state index contributed by atoms with van der Waals surface area (Å²) >= 11 is 0. The number of hydrogen-bond donors (Lipinski definition) is 1. The maximum absolute atomic E-state index is 12.8. The van der Waals surface area contributed by atoms with Crippen LogP contribution >= 0.6 is 0 Å². The van der Waals surface area contributed by atoms with Gasteiger partial charge in [-0.25, -0.2) is 9.78 Å². The first kappa shape index (κ1) is 18.6. The van der Waals surface area contributed by atoms with Crippen molar-refractivity contribution in [1.29, 1.82) is 0 Å². The second-order valence-corrected chi connectivity index (χ2v) is 5.03. The molecule has 1 N–H and O–H groups in total. The zero-order valence-corrected chi connectivity index (χ0v) is 12.8. The number of carbonyl (C=O) groups is 3. The molecule has 2 heterocycles. The Balaban J connectivity index is 2.30. The molecule has 8 nitrogen and oxygen atoms in total. The molecule has 0 saturated carbocycles. The number of nitrogens with zero attached hydrogens (tertiary/aromatic N) is 2. The Morgan fingerprint density at radius 3 is 2.68 bits per heavy atom. The molecule has 25 heavy (non-hydrogen) atoms. The number of hydrogen-bond acceptors (Lipinski definition) is 6. The molecular weight excluding hydrogens is 349 g/mol. The summed E-state index contributed by atoms with van der Waals surface area (Å²) in [6.07, 6.45) is -8.31. The molecule has 1 saturated heterocycles. The van der Waals surface area contributed by atoms with Gasteiger partial charge in [-0.05, 0) is 12.1 Å². The number of alkyl halides is 3. The number of carboxylic acid groups (broad SMARTS) is 1. The fourth-order valence-corrected chi connectivity index (χ4v) is 2.20. The molecule has 1 unspecified atom stereocenters. The van der Waals surface area contributed by atoms with Crippen LogP contribution in [0.15, 0.2) is 18.2 Å². The Hall–Kier alpha value is -2.69. The van der Waals surface area contributed by atoms with E-state index in [9.17, 15) is 27.6 Å². The number of carbonyl (C=O) groups excluding carboxylic acids is 2. The minimum absolute atomic E-state index is 0.129. The maximum atomic E-state index is 12.8. The van der Waals surface area contributed by atoms with Crippen LogP contribution in [0.5, 0.6) is 0 Å². The van der Waals surface area contributed by atoms with E-state index < -0.39 is 41.9 Å². The summed E-state index contributed by atoms with van der Waals surface area (Å²) in [4.78, 5) is 38.9. The molecule has 136 valence electrons. The highest BCUT2D eigenvalue weighted by atomic mass is 19.4. The van der Waals surface area contributed by atoms with Crippen LogP contribution in [-0.4, -0.2) is 53.3 Å². The lowest BCUT2D eigenvalue weighted by molar-refractivity contribution is -0.177. The Morgan fingerprint density at radius 1 is 1.44 bits per heavy atom. The van der Waals surface area contributed by atoms with E-state index in [4.69, 9.17) is 9.84 Å². The number of halogens is 3. The standard InChI is InChI=1S/C14H13F3N2O6/c1-7(20)25-11(13(22)23)10-12(21)19(5-6-24-10)9-4-2-3-8(18-9)14(15,16)17/h2-4,10-11H,5-6H2,1H3,(H,22,23)/t10?,11-/m1/s1. The zero-order chi connectivity index (χ0) is 18.8. The molecule has 0 spiro atoms. The van der Waals surface area contributed by atoms with E-state index in [2.05, 4.69) is 9.72 Å². The van der Waals surface area contributed by atoms with Gasteiger partial charge in [0.25, 0.3) is 5.91 Å². The third kappa shape index (κ3) is 4.24. The Labute approximate surface area is 139 Å². The average Bonchev–Trinajstić information content (AvgIpc) is 2.52. The van der Waals surface area contributed by atoms with Gasteiger partial charge in [-0.1, -0.05) is 6.07 Å². The van der Waals surface area contributed by atoms with E-state index in [1.807, 2.05) is 0 Å².